The first-order chi connectivity index (χ1) is 8.72. The number of nitrogen functional groups attached to an aromatic ring is 1. The van der Waals surface area contributed by atoms with Gasteiger partial charge in [0.1, 0.15) is 5.82 Å². The van der Waals surface area contributed by atoms with Crippen LogP contribution in [0.5, 0.6) is 5.88 Å². The maximum atomic E-state index is 5.60. The highest BCUT2D eigenvalue weighted by molar-refractivity contribution is 7.10. The van der Waals surface area contributed by atoms with Gasteiger partial charge in [-0.15, -0.1) is 11.3 Å². The van der Waals surface area contributed by atoms with E-state index in [4.69, 9.17) is 10.5 Å². The first kappa shape index (κ1) is 12.6. The Kier molecular flexibility index (Phi) is 3.99. The standard InChI is InChI=1S/C12H16N4OS/c1-3-8-4-5-18-9(8)7-14-10-6-11(17-2)16-12(13)15-10/h4-6H,3,7H2,1-2H3,(H3,13,14,15,16). The van der Waals surface area contributed by atoms with E-state index in [2.05, 4.69) is 33.7 Å². The molecular weight excluding hydrogens is 248 g/mol. The zero-order valence-electron chi connectivity index (χ0n) is 10.4. The largest absolute Gasteiger partial charge is 0.481 e. The molecule has 2 heterocycles. The minimum absolute atomic E-state index is 0.207. The van der Waals surface area contributed by atoms with Crippen LogP contribution in [0.15, 0.2) is 17.5 Å². The number of ether oxygens (including phenoxy) is 1. The van der Waals surface area contributed by atoms with Crippen molar-refractivity contribution < 1.29 is 4.74 Å². The van der Waals surface area contributed by atoms with Crippen molar-refractivity contribution in [3.8, 4) is 5.88 Å². The van der Waals surface area contributed by atoms with Crippen molar-refractivity contribution in [3.05, 3.63) is 28.0 Å². The summed E-state index contributed by atoms with van der Waals surface area (Å²) in [6.07, 6.45) is 1.04. The monoisotopic (exact) mass is 264 g/mol. The Labute approximate surface area is 110 Å². The number of rotatable bonds is 5. The molecule has 0 atom stereocenters. The molecule has 18 heavy (non-hydrogen) atoms. The minimum atomic E-state index is 0.207. The molecule has 0 bridgehead atoms. The van der Waals surface area contributed by atoms with Gasteiger partial charge in [0.25, 0.3) is 0 Å². The number of aryl methyl sites for hydroxylation is 1. The predicted molar refractivity (Wildman–Crippen MR) is 74.0 cm³/mol. The van der Waals surface area contributed by atoms with Gasteiger partial charge >= 0.3 is 0 Å². The van der Waals surface area contributed by atoms with Crippen molar-refractivity contribution in [1.82, 2.24) is 9.97 Å². The zero-order valence-corrected chi connectivity index (χ0v) is 11.3. The average molecular weight is 264 g/mol. The molecule has 0 spiro atoms. The summed E-state index contributed by atoms with van der Waals surface area (Å²) >= 11 is 1.74. The third-order valence-corrected chi connectivity index (χ3v) is 3.54. The molecule has 0 aliphatic heterocycles. The fraction of sp³-hybridized carbons (Fsp3) is 0.333. The van der Waals surface area contributed by atoms with E-state index in [0.29, 0.717) is 11.7 Å². The van der Waals surface area contributed by atoms with E-state index >= 15 is 0 Å². The number of hydrogen-bond donors (Lipinski definition) is 2. The van der Waals surface area contributed by atoms with Crippen molar-refractivity contribution in [2.45, 2.75) is 19.9 Å². The molecule has 2 aromatic heterocycles. The van der Waals surface area contributed by atoms with Gasteiger partial charge in [-0.3, -0.25) is 0 Å². The van der Waals surface area contributed by atoms with E-state index in [-0.39, 0.29) is 5.95 Å². The maximum Gasteiger partial charge on any atom is 0.225 e. The first-order valence-corrected chi connectivity index (χ1v) is 6.58. The summed E-state index contributed by atoms with van der Waals surface area (Å²) in [5.74, 6) is 1.35. The Bertz CT molecular complexity index is 527. The lowest BCUT2D eigenvalue weighted by Crippen LogP contribution is -2.05. The summed E-state index contributed by atoms with van der Waals surface area (Å²) in [6.45, 7) is 2.89. The first-order valence-electron chi connectivity index (χ1n) is 5.70. The van der Waals surface area contributed by atoms with Crippen molar-refractivity contribution in [2.24, 2.45) is 0 Å². The fourth-order valence-electron chi connectivity index (χ4n) is 1.65. The minimum Gasteiger partial charge on any atom is -0.481 e. The number of nitrogens with zero attached hydrogens (tertiary/aromatic N) is 2. The summed E-state index contributed by atoms with van der Waals surface area (Å²) in [6, 6.07) is 3.88. The van der Waals surface area contributed by atoms with Crippen molar-refractivity contribution in [3.63, 3.8) is 0 Å². The molecule has 0 saturated heterocycles. The number of methoxy groups -OCH3 is 1. The van der Waals surface area contributed by atoms with Crippen LogP contribution in [0, 0.1) is 0 Å². The molecule has 5 nitrogen and oxygen atoms in total. The summed E-state index contributed by atoms with van der Waals surface area (Å²) in [4.78, 5) is 9.37. The van der Waals surface area contributed by atoms with Gasteiger partial charge in [0, 0.05) is 10.9 Å². The van der Waals surface area contributed by atoms with Crippen molar-refractivity contribution >= 4 is 23.1 Å². The van der Waals surface area contributed by atoms with Crippen LogP contribution in [-0.2, 0) is 13.0 Å². The van der Waals surface area contributed by atoms with Gasteiger partial charge in [0.05, 0.1) is 13.7 Å². The maximum absolute atomic E-state index is 5.60. The van der Waals surface area contributed by atoms with E-state index in [1.165, 1.54) is 10.4 Å². The molecule has 0 aliphatic carbocycles. The summed E-state index contributed by atoms with van der Waals surface area (Å²) in [5, 5.41) is 5.34. The Hall–Kier alpha value is -1.82. The zero-order chi connectivity index (χ0) is 13.0. The molecule has 0 aliphatic rings. The van der Waals surface area contributed by atoms with Crippen LogP contribution in [0.1, 0.15) is 17.4 Å². The van der Waals surface area contributed by atoms with Gasteiger partial charge in [-0.2, -0.15) is 9.97 Å². The molecule has 96 valence electrons. The Morgan fingerprint density at radius 1 is 1.44 bits per heavy atom. The van der Waals surface area contributed by atoms with Gasteiger partial charge in [-0.1, -0.05) is 6.92 Å². The molecule has 0 saturated carbocycles. The van der Waals surface area contributed by atoms with Crippen LogP contribution >= 0.6 is 11.3 Å². The molecule has 0 fully saturated rings. The summed E-state index contributed by atoms with van der Waals surface area (Å²) in [7, 11) is 1.56. The molecule has 0 amide bonds. The van der Waals surface area contributed by atoms with Crippen LogP contribution in [-0.4, -0.2) is 17.1 Å². The van der Waals surface area contributed by atoms with E-state index in [0.717, 1.165) is 13.0 Å². The quantitative estimate of drug-likeness (QED) is 0.867. The third-order valence-electron chi connectivity index (χ3n) is 2.58. The number of anilines is 2. The van der Waals surface area contributed by atoms with Gasteiger partial charge in [-0.05, 0) is 23.4 Å². The smallest absolute Gasteiger partial charge is 0.225 e. The number of aromatic nitrogens is 2. The van der Waals surface area contributed by atoms with Gasteiger partial charge < -0.3 is 15.8 Å². The van der Waals surface area contributed by atoms with E-state index in [1.54, 1.807) is 24.5 Å². The highest BCUT2D eigenvalue weighted by atomic mass is 32.1. The molecule has 0 radical (unpaired) electrons. The lowest BCUT2D eigenvalue weighted by molar-refractivity contribution is 0.398. The highest BCUT2D eigenvalue weighted by Gasteiger charge is 2.05. The van der Waals surface area contributed by atoms with E-state index in [1.807, 2.05) is 0 Å². The number of nitrogens with one attached hydrogen (secondary N) is 1. The summed E-state index contributed by atoms with van der Waals surface area (Å²) in [5.41, 5.74) is 6.96. The Morgan fingerprint density at radius 3 is 3.00 bits per heavy atom. The second-order valence-electron chi connectivity index (χ2n) is 3.73. The second-order valence-corrected chi connectivity index (χ2v) is 4.73. The van der Waals surface area contributed by atoms with Crippen molar-refractivity contribution in [2.75, 3.05) is 18.2 Å². The number of hydrogen-bond acceptors (Lipinski definition) is 6. The lowest BCUT2D eigenvalue weighted by Gasteiger charge is -2.07. The normalized spacial score (nSPS) is 10.3. The van der Waals surface area contributed by atoms with E-state index < -0.39 is 0 Å². The average Bonchev–Trinajstić information content (AvgIpc) is 2.83. The predicted octanol–water partition coefficient (Wildman–Crippen LogP) is 2.30. The molecule has 0 aromatic carbocycles. The van der Waals surface area contributed by atoms with Gasteiger partial charge in [0.15, 0.2) is 0 Å². The van der Waals surface area contributed by atoms with Crippen LogP contribution in [0.25, 0.3) is 0 Å². The van der Waals surface area contributed by atoms with Crippen LogP contribution in [0.3, 0.4) is 0 Å². The van der Waals surface area contributed by atoms with Gasteiger partial charge in [0.2, 0.25) is 11.8 Å². The molecule has 3 N–H and O–H groups in total. The fourth-order valence-corrected chi connectivity index (χ4v) is 2.56. The molecule has 0 unspecified atom stereocenters. The molecule has 2 aromatic rings. The molecule has 2 rings (SSSR count). The van der Waals surface area contributed by atoms with Crippen LogP contribution in [0.2, 0.25) is 0 Å². The molecular formula is C12H16N4OS. The highest BCUT2D eigenvalue weighted by Crippen LogP contribution is 2.20. The second kappa shape index (κ2) is 5.68. The third kappa shape index (κ3) is 2.89. The van der Waals surface area contributed by atoms with E-state index in [9.17, 15) is 0 Å². The topological polar surface area (TPSA) is 73.1 Å². The van der Waals surface area contributed by atoms with Gasteiger partial charge in [-0.25, -0.2) is 0 Å². The Balaban J connectivity index is 2.08. The number of nitrogens with two attached hydrogens (primary N) is 1. The van der Waals surface area contributed by atoms with Crippen LogP contribution in [0.4, 0.5) is 11.8 Å². The Morgan fingerprint density at radius 2 is 2.28 bits per heavy atom. The summed E-state index contributed by atoms with van der Waals surface area (Å²) < 4.78 is 5.05. The lowest BCUT2D eigenvalue weighted by atomic mass is 10.2. The van der Waals surface area contributed by atoms with Crippen molar-refractivity contribution in [1.29, 1.82) is 0 Å². The number of thiophene rings is 1. The SMILES string of the molecule is CCc1ccsc1CNc1cc(OC)nc(N)n1. The molecule has 6 heteroatoms. The van der Waals surface area contributed by atoms with Crippen LogP contribution < -0.4 is 15.8 Å².